The maximum absolute atomic E-state index is 13.7. The number of hydrogen-bond acceptors (Lipinski definition) is 6. The zero-order chi connectivity index (χ0) is 32.8. The van der Waals surface area contributed by atoms with Crippen LogP contribution in [0.5, 0.6) is 0 Å². The Morgan fingerprint density at radius 1 is 0.542 bits per heavy atom. The molecule has 0 amide bonds. The first-order valence-corrected chi connectivity index (χ1v) is 16.0. The summed E-state index contributed by atoms with van der Waals surface area (Å²) in [6, 6.07) is 40.1. The van der Waals surface area contributed by atoms with Crippen LogP contribution in [0.3, 0.4) is 0 Å². The third-order valence-corrected chi connectivity index (χ3v) is 9.23. The molecule has 0 saturated carbocycles. The second kappa shape index (κ2) is 12.1. The molecule has 7 aromatic rings. The molecule has 8 rings (SSSR count). The summed E-state index contributed by atoms with van der Waals surface area (Å²) in [6.07, 6.45) is -2.76. The third kappa shape index (κ3) is 5.30. The predicted molar refractivity (Wildman–Crippen MR) is 185 cm³/mol. The zero-order valence-electron chi connectivity index (χ0n) is 25.5. The van der Waals surface area contributed by atoms with Crippen LogP contribution in [0.4, 0.5) is 0 Å². The first kappa shape index (κ1) is 29.7. The van der Waals surface area contributed by atoms with Crippen molar-refractivity contribution in [2.24, 2.45) is 0 Å². The molecule has 0 N–H and O–H groups in total. The number of esters is 3. The van der Waals surface area contributed by atoms with Crippen LogP contribution in [0.25, 0.3) is 32.3 Å². The number of benzene rings is 7. The Kier molecular flexibility index (Phi) is 7.50. The van der Waals surface area contributed by atoms with Crippen molar-refractivity contribution in [2.75, 3.05) is 0 Å². The average Bonchev–Trinajstić information content (AvgIpc) is 3.12. The minimum absolute atomic E-state index is 0.0606. The quantitative estimate of drug-likeness (QED) is 0.101. The molecule has 7 heteroatoms. The van der Waals surface area contributed by atoms with Crippen molar-refractivity contribution in [1.29, 1.82) is 0 Å². The van der Waals surface area contributed by atoms with Gasteiger partial charge in [0, 0.05) is 22.6 Å². The molecule has 0 bridgehead atoms. The number of hydrogen-bond donors (Lipinski definition) is 0. The van der Waals surface area contributed by atoms with Crippen LogP contribution in [-0.4, -0.2) is 24.0 Å². The topological polar surface area (TPSA) is 78.9 Å². The molecular formula is C41H27ClO6. The van der Waals surface area contributed by atoms with Crippen molar-refractivity contribution in [3.05, 3.63) is 166 Å². The summed E-state index contributed by atoms with van der Waals surface area (Å²) in [5.74, 6) is -1.69. The van der Waals surface area contributed by atoms with Crippen LogP contribution in [0.15, 0.2) is 133 Å². The Hall–Kier alpha value is -5.72. The van der Waals surface area contributed by atoms with Gasteiger partial charge in [0.2, 0.25) is 0 Å². The Morgan fingerprint density at radius 2 is 1.10 bits per heavy atom. The second-order valence-corrected chi connectivity index (χ2v) is 12.3. The van der Waals surface area contributed by atoms with Gasteiger partial charge in [0.1, 0.15) is 12.2 Å². The Bertz CT molecular complexity index is 2300. The van der Waals surface area contributed by atoms with Gasteiger partial charge in [-0.05, 0) is 86.9 Å². The van der Waals surface area contributed by atoms with E-state index in [1.54, 1.807) is 72.8 Å². The summed E-state index contributed by atoms with van der Waals surface area (Å²) in [4.78, 5) is 40.8. The molecule has 0 spiro atoms. The summed E-state index contributed by atoms with van der Waals surface area (Å²) in [6.45, 7) is 0. The first-order valence-electron chi connectivity index (χ1n) is 15.6. The Labute approximate surface area is 280 Å². The first-order chi connectivity index (χ1) is 23.4. The van der Waals surface area contributed by atoms with Gasteiger partial charge in [-0.3, -0.25) is 0 Å². The largest absolute Gasteiger partial charge is 0.454 e. The molecule has 1 aliphatic rings. The number of carbonyl (C=O) groups excluding carboxylic acids is 3. The maximum atomic E-state index is 13.7. The van der Waals surface area contributed by atoms with Crippen molar-refractivity contribution in [3.63, 3.8) is 0 Å². The molecule has 0 heterocycles. The molecule has 1 unspecified atom stereocenters. The molecule has 48 heavy (non-hydrogen) atoms. The molecule has 1 aliphatic carbocycles. The van der Waals surface area contributed by atoms with Crippen LogP contribution >= 0.6 is 11.6 Å². The van der Waals surface area contributed by atoms with Crippen molar-refractivity contribution in [1.82, 2.24) is 0 Å². The third-order valence-electron chi connectivity index (χ3n) is 8.98. The van der Waals surface area contributed by atoms with E-state index >= 15 is 0 Å². The van der Waals surface area contributed by atoms with Gasteiger partial charge in [0.15, 0.2) is 6.10 Å². The number of fused-ring (bicyclic) bond motifs is 2. The Balaban J connectivity index is 1.32. The molecule has 0 aliphatic heterocycles. The molecule has 234 valence electrons. The molecule has 0 radical (unpaired) electrons. The van der Waals surface area contributed by atoms with Crippen LogP contribution in [0, 0.1) is 0 Å². The number of halogens is 1. The predicted octanol–water partition coefficient (Wildman–Crippen LogP) is 9.66. The maximum Gasteiger partial charge on any atom is 0.338 e. The fourth-order valence-corrected chi connectivity index (χ4v) is 6.89. The van der Waals surface area contributed by atoms with E-state index in [0.717, 1.165) is 32.3 Å². The fraction of sp³-hybridized carbons (Fsp3) is 0.0976. The van der Waals surface area contributed by atoms with Crippen molar-refractivity contribution in [2.45, 2.75) is 24.7 Å². The molecule has 7 aromatic carbocycles. The van der Waals surface area contributed by atoms with Crippen LogP contribution in [0.2, 0.25) is 5.02 Å². The van der Waals surface area contributed by atoms with E-state index in [9.17, 15) is 14.4 Å². The number of ether oxygens (including phenoxy) is 3. The highest BCUT2D eigenvalue weighted by Gasteiger charge is 2.43. The lowest BCUT2D eigenvalue weighted by atomic mass is 9.79. The van der Waals surface area contributed by atoms with E-state index in [-0.39, 0.29) is 6.42 Å². The van der Waals surface area contributed by atoms with Gasteiger partial charge in [-0.25, -0.2) is 14.4 Å². The van der Waals surface area contributed by atoms with Gasteiger partial charge in [0.25, 0.3) is 0 Å². The lowest BCUT2D eigenvalue weighted by Gasteiger charge is -2.38. The summed E-state index contributed by atoms with van der Waals surface area (Å²) in [7, 11) is 0. The van der Waals surface area contributed by atoms with Crippen molar-refractivity contribution < 1.29 is 28.6 Å². The van der Waals surface area contributed by atoms with Gasteiger partial charge >= 0.3 is 17.9 Å². The van der Waals surface area contributed by atoms with E-state index in [0.29, 0.717) is 32.8 Å². The van der Waals surface area contributed by atoms with Crippen LogP contribution in [-0.2, 0) is 14.2 Å². The average molecular weight is 651 g/mol. The highest BCUT2D eigenvalue weighted by Crippen LogP contribution is 2.49. The summed E-state index contributed by atoms with van der Waals surface area (Å²) in [5, 5.41) is 6.46. The van der Waals surface area contributed by atoms with E-state index in [1.165, 1.54) is 0 Å². The van der Waals surface area contributed by atoms with E-state index in [4.69, 9.17) is 25.8 Å². The molecule has 0 fully saturated rings. The van der Waals surface area contributed by atoms with Crippen LogP contribution < -0.4 is 0 Å². The SMILES string of the molecule is O=C(OC1C[C@H](OC(=O)c2ccccc2)[C@@H](OC(=O)c2ccccc2)c2c1cc1ccc3cccc4ccc2c1c34)c1ccc(Cl)cc1. The molecule has 0 saturated heterocycles. The second-order valence-electron chi connectivity index (χ2n) is 11.9. The van der Waals surface area contributed by atoms with E-state index < -0.39 is 36.2 Å². The smallest absolute Gasteiger partial charge is 0.338 e. The van der Waals surface area contributed by atoms with Gasteiger partial charge in [-0.1, -0.05) is 90.5 Å². The minimum Gasteiger partial charge on any atom is -0.454 e. The monoisotopic (exact) mass is 650 g/mol. The molecule has 6 nitrogen and oxygen atoms in total. The Morgan fingerprint density at radius 3 is 1.77 bits per heavy atom. The van der Waals surface area contributed by atoms with Crippen molar-refractivity contribution >= 4 is 61.8 Å². The van der Waals surface area contributed by atoms with E-state index in [2.05, 4.69) is 24.3 Å². The summed E-state index contributed by atoms with van der Waals surface area (Å²) < 4.78 is 18.7. The molecule has 0 aromatic heterocycles. The van der Waals surface area contributed by atoms with Gasteiger partial charge in [-0.2, -0.15) is 0 Å². The number of rotatable bonds is 6. The van der Waals surface area contributed by atoms with Crippen molar-refractivity contribution in [3.8, 4) is 0 Å². The highest BCUT2D eigenvalue weighted by atomic mass is 35.5. The standard InChI is InChI=1S/C41H27ClO6/c42-30-19-16-28(17-20-30)40(44)46-33-23-34(47-39(43)26-8-3-1-4-9-26)38(48-41(45)27-10-5-2-6-11-27)37-31-21-18-25-13-7-12-24-14-15-29(22-32(33)37)36(31)35(24)25/h1-22,33-34,38H,23H2/t33?,34-,38+/m0/s1. The van der Waals surface area contributed by atoms with Gasteiger partial charge in [0.05, 0.1) is 16.7 Å². The van der Waals surface area contributed by atoms with Crippen LogP contribution in [0.1, 0.15) is 60.8 Å². The molecular weight excluding hydrogens is 624 g/mol. The fourth-order valence-electron chi connectivity index (χ4n) is 6.76. The minimum atomic E-state index is -1.00. The lowest BCUT2D eigenvalue weighted by molar-refractivity contribution is -0.0650. The summed E-state index contributed by atoms with van der Waals surface area (Å²) in [5.41, 5.74) is 2.36. The zero-order valence-corrected chi connectivity index (χ0v) is 26.2. The van der Waals surface area contributed by atoms with Gasteiger partial charge in [-0.15, -0.1) is 0 Å². The van der Waals surface area contributed by atoms with E-state index in [1.807, 2.05) is 36.4 Å². The molecule has 3 atom stereocenters. The summed E-state index contributed by atoms with van der Waals surface area (Å²) >= 11 is 6.08. The highest BCUT2D eigenvalue weighted by molar-refractivity contribution is 6.30. The number of carbonyl (C=O) groups is 3. The normalized spacial score (nSPS) is 17.2. The van der Waals surface area contributed by atoms with Gasteiger partial charge < -0.3 is 14.2 Å². The lowest BCUT2D eigenvalue weighted by Crippen LogP contribution is -2.36.